The SMILES string of the molecule is C=C(O)CCCC/C=C/c1ccccc1. The molecule has 0 atom stereocenters. The molecule has 1 N–H and O–H groups in total. The highest BCUT2D eigenvalue weighted by atomic mass is 16.3. The lowest BCUT2D eigenvalue weighted by Gasteiger charge is -1.96. The first-order valence-corrected chi connectivity index (χ1v) is 5.37. The molecule has 0 saturated heterocycles. The van der Waals surface area contributed by atoms with Crippen molar-refractivity contribution in [1.29, 1.82) is 0 Å². The molecule has 1 nitrogen and oxygen atoms in total. The van der Waals surface area contributed by atoms with Crippen molar-refractivity contribution in [3.63, 3.8) is 0 Å². The Kier molecular flexibility index (Phi) is 5.31. The van der Waals surface area contributed by atoms with E-state index in [1.807, 2.05) is 18.2 Å². The van der Waals surface area contributed by atoms with Crippen molar-refractivity contribution in [2.24, 2.45) is 0 Å². The van der Waals surface area contributed by atoms with E-state index in [9.17, 15) is 0 Å². The normalized spacial score (nSPS) is 10.7. The van der Waals surface area contributed by atoms with Gasteiger partial charge in [-0.2, -0.15) is 0 Å². The monoisotopic (exact) mass is 202 g/mol. The Bertz CT molecular complexity index is 311. The van der Waals surface area contributed by atoms with Crippen LogP contribution in [0.25, 0.3) is 6.08 Å². The highest BCUT2D eigenvalue weighted by Gasteiger charge is 1.89. The molecule has 1 aromatic rings. The third-order valence-corrected chi connectivity index (χ3v) is 2.20. The van der Waals surface area contributed by atoms with E-state index in [1.54, 1.807) is 0 Å². The van der Waals surface area contributed by atoms with Gasteiger partial charge in [0, 0.05) is 6.42 Å². The van der Waals surface area contributed by atoms with Crippen LogP contribution in [0.2, 0.25) is 0 Å². The fourth-order valence-electron chi connectivity index (χ4n) is 1.37. The van der Waals surface area contributed by atoms with Gasteiger partial charge in [-0.1, -0.05) is 49.1 Å². The summed E-state index contributed by atoms with van der Waals surface area (Å²) in [6, 6.07) is 10.3. The first-order valence-electron chi connectivity index (χ1n) is 5.37. The van der Waals surface area contributed by atoms with Gasteiger partial charge in [-0.05, 0) is 24.8 Å². The topological polar surface area (TPSA) is 20.2 Å². The van der Waals surface area contributed by atoms with Gasteiger partial charge in [0.2, 0.25) is 0 Å². The highest BCUT2D eigenvalue weighted by molar-refractivity contribution is 5.48. The molecule has 80 valence electrons. The molecule has 1 heteroatoms. The van der Waals surface area contributed by atoms with E-state index in [1.165, 1.54) is 5.56 Å². The van der Waals surface area contributed by atoms with Crippen LogP contribution in [0.15, 0.2) is 48.7 Å². The number of benzene rings is 1. The quantitative estimate of drug-likeness (QED) is 0.537. The number of hydrogen-bond donors (Lipinski definition) is 1. The summed E-state index contributed by atoms with van der Waals surface area (Å²) >= 11 is 0. The Hall–Kier alpha value is -1.50. The second-order valence-corrected chi connectivity index (χ2v) is 3.63. The Labute approximate surface area is 91.8 Å². The average Bonchev–Trinajstić information content (AvgIpc) is 2.24. The molecule has 0 bridgehead atoms. The summed E-state index contributed by atoms with van der Waals surface area (Å²) in [5, 5.41) is 8.87. The zero-order valence-corrected chi connectivity index (χ0v) is 9.02. The molecule has 0 spiro atoms. The van der Waals surface area contributed by atoms with E-state index >= 15 is 0 Å². The molecule has 0 aliphatic carbocycles. The van der Waals surface area contributed by atoms with E-state index in [2.05, 4.69) is 30.9 Å². The van der Waals surface area contributed by atoms with Crippen LogP contribution >= 0.6 is 0 Å². The van der Waals surface area contributed by atoms with Crippen LogP contribution in [0, 0.1) is 0 Å². The molecule has 0 aromatic heterocycles. The van der Waals surface area contributed by atoms with Gasteiger partial charge in [-0.3, -0.25) is 0 Å². The standard InChI is InChI=1S/C14H18O/c1-13(15)9-5-2-3-6-10-14-11-7-4-8-12-14/h4,6-8,10-12,15H,1-3,5,9H2/b10-6+. The maximum Gasteiger partial charge on any atom is 0.0851 e. The molecule has 0 saturated carbocycles. The summed E-state index contributed by atoms with van der Waals surface area (Å²) in [7, 11) is 0. The summed E-state index contributed by atoms with van der Waals surface area (Å²) in [5.74, 6) is 0.294. The van der Waals surface area contributed by atoms with Crippen LogP contribution in [0.1, 0.15) is 31.2 Å². The summed E-state index contributed by atoms with van der Waals surface area (Å²) in [4.78, 5) is 0. The molecule has 0 fully saturated rings. The lowest BCUT2D eigenvalue weighted by Crippen LogP contribution is -1.79. The molecule has 0 heterocycles. The molecule has 0 aliphatic rings. The molecular weight excluding hydrogens is 184 g/mol. The summed E-state index contributed by atoms with van der Waals surface area (Å²) in [5.41, 5.74) is 1.24. The van der Waals surface area contributed by atoms with Crippen LogP contribution in [-0.2, 0) is 0 Å². The van der Waals surface area contributed by atoms with Crippen molar-refractivity contribution in [3.8, 4) is 0 Å². The summed E-state index contributed by atoms with van der Waals surface area (Å²) in [6.07, 6.45) is 8.20. The zero-order valence-electron chi connectivity index (χ0n) is 9.02. The first-order chi connectivity index (χ1) is 7.29. The van der Waals surface area contributed by atoms with Crippen molar-refractivity contribution in [2.45, 2.75) is 25.7 Å². The predicted molar refractivity (Wildman–Crippen MR) is 65.7 cm³/mol. The van der Waals surface area contributed by atoms with Gasteiger partial charge < -0.3 is 5.11 Å². The van der Waals surface area contributed by atoms with Crippen molar-refractivity contribution in [1.82, 2.24) is 0 Å². The summed E-state index contributed by atoms with van der Waals surface area (Å²) in [6.45, 7) is 3.46. The van der Waals surface area contributed by atoms with E-state index in [0.717, 1.165) is 25.7 Å². The minimum atomic E-state index is 0.294. The Morgan fingerprint density at radius 3 is 2.60 bits per heavy atom. The van der Waals surface area contributed by atoms with E-state index in [0.29, 0.717) is 5.76 Å². The number of aliphatic hydroxyl groups is 1. The molecule has 15 heavy (non-hydrogen) atoms. The minimum Gasteiger partial charge on any atom is -0.513 e. The smallest absolute Gasteiger partial charge is 0.0851 e. The van der Waals surface area contributed by atoms with Gasteiger partial charge in [0.25, 0.3) is 0 Å². The van der Waals surface area contributed by atoms with Crippen LogP contribution in [0.4, 0.5) is 0 Å². The number of rotatable bonds is 6. The fourth-order valence-corrected chi connectivity index (χ4v) is 1.37. The number of unbranched alkanes of at least 4 members (excludes halogenated alkanes) is 2. The third-order valence-electron chi connectivity index (χ3n) is 2.20. The molecule has 0 radical (unpaired) electrons. The molecular formula is C14H18O. The van der Waals surface area contributed by atoms with Gasteiger partial charge in [0.1, 0.15) is 0 Å². The Balaban J connectivity index is 2.15. The largest absolute Gasteiger partial charge is 0.513 e. The number of hydrogen-bond acceptors (Lipinski definition) is 1. The minimum absolute atomic E-state index is 0.294. The van der Waals surface area contributed by atoms with Crippen LogP contribution in [0.5, 0.6) is 0 Å². The first kappa shape index (κ1) is 11.6. The predicted octanol–water partition coefficient (Wildman–Crippen LogP) is 4.33. The molecule has 1 aromatic carbocycles. The van der Waals surface area contributed by atoms with E-state index in [4.69, 9.17) is 5.11 Å². The van der Waals surface area contributed by atoms with Crippen LogP contribution in [0.3, 0.4) is 0 Å². The van der Waals surface area contributed by atoms with Crippen LogP contribution in [-0.4, -0.2) is 5.11 Å². The number of aliphatic hydroxyl groups excluding tert-OH is 1. The van der Waals surface area contributed by atoms with Gasteiger partial charge in [-0.25, -0.2) is 0 Å². The highest BCUT2D eigenvalue weighted by Crippen LogP contribution is 2.07. The summed E-state index contributed by atoms with van der Waals surface area (Å²) < 4.78 is 0. The lowest BCUT2D eigenvalue weighted by atomic mass is 10.1. The molecule has 1 rings (SSSR count). The fraction of sp³-hybridized carbons (Fsp3) is 0.286. The van der Waals surface area contributed by atoms with Gasteiger partial charge in [0.05, 0.1) is 5.76 Å². The van der Waals surface area contributed by atoms with Crippen molar-refractivity contribution in [2.75, 3.05) is 0 Å². The Morgan fingerprint density at radius 1 is 1.20 bits per heavy atom. The van der Waals surface area contributed by atoms with Gasteiger partial charge >= 0.3 is 0 Å². The van der Waals surface area contributed by atoms with Crippen molar-refractivity contribution >= 4 is 6.08 Å². The molecule has 0 unspecified atom stereocenters. The average molecular weight is 202 g/mol. The maximum atomic E-state index is 8.87. The van der Waals surface area contributed by atoms with E-state index in [-0.39, 0.29) is 0 Å². The van der Waals surface area contributed by atoms with E-state index < -0.39 is 0 Å². The molecule has 0 aliphatic heterocycles. The zero-order chi connectivity index (χ0) is 10.9. The molecule has 0 amide bonds. The Morgan fingerprint density at radius 2 is 1.93 bits per heavy atom. The van der Waals surface area contributed by atoms with Gasteiger partial charge in [0.15, 0.2) is 0 Å². The second kappa shape index (κ2) is 6.88. The van der Waals surface area contributed by atoms with Crippen molar-refractivity contribution < 1.29 is 5.11 Å². The van der Waals surface area contributed by atoms with Crippen molar-refractivity contribution in [3.05, 3.63) is 54.3 Å². The number of allylic oxidation sites excluding steroid dienone is 2. The maximum absolute atomic E-state index is 8.87. The van der Waals surface area contributed by atoms with Gasteiger partial charge in [-0.15, -0.1) is 0 Å². The second-order valence-electron chi connectivity index (χ2n) is 3.63. The van der Waals surface area contributed by atoms with Crippen LogP contribution < -0.4 is 0 Å². The lowest BCUT2D eigenvalue weighted by molar-refractivity contribution is 0.385. The third kappa shape index (κ3) is 5.74.